The summed E-state index contributed by atoms with van der Waals surface area (Å²) in [5.74, 6) is 2.01. The van der Waals surface area contributed by atoms with Gasteiger partial charge >= 0.3 is 0 Å². The van der Waals surface area contributed by atoms with Crippen molar-refractivity contribution in [3.63, 3.8) is 0 Å². The first kappa shape index (κ1) is 15.1. The van der Waals surface area contributed by atoms with Gasteiger partial charge in [-0.25, -0.2) is 0 Å². The zero-order valence-electron chi connectivity index (χ0n) is 12.7. The number of nitrogens with one attached hydrogen (secondary N) is 1. The predicted octanol–water partition coefficient (Wildman–Crippen LogP) is 2.42. The van der Waals surface area contributed by atoms with Gasteiger partial charge in [-0.3, -0.25) is 4.79 Å². The highest BCUT2D eigenvalue weighted by Crippen LogP contribution is 2.25. The molecule has 0 radical (unpaired) electrons. The van der Waals surface area contributed by atoms with Crippen LogP contribution in [0.3, 0.4) is 0 Å². The third-order valence-electron chi connectivity index (χ3n) is 3.61. The predicted molar refractivity (Wildman–Crippen MR) is 82.8 cm³/mol. The molecule has 0 bridgehead atoms. The summed E-state index contributed by atoms with van der Waals surface area (Å²) in [7, 11) is 0. The van der Waals surface area contributed by atoms with Gasteiger partial charge in [-0.2, -0.15) is 0 Å². The van der Waals surface area contributed by atoms with E-state index in [1.54, 1.807) is 13.0 Å². The topological polar surface area (TPSA) is 85.8 Å². The molecule has 1 N–H and O–H groups in total. The Hall–Kier alpha value is -1.83. The van der Waals surface area contributed by atoms with E-state index in [1.165, 1.54) is 18.2 Å². The van der Waals surface area contributed by atoms with E-state index in [-0.39, 0.29) is 11.2 Å². The molecule has 0 spiro atoms. The van der Waals surface area contributed by atoms with Crippen LogP contribution in [-0.2, 0) is 17.8 Å². The van der Waals surface area contributed by atoms with Crippen LogP contribution in [0.1, 0.15) is 37.8 Å². The van der Waals surface area contributed by atoms with Gasteiger partial charge in [0.05, 0.1) is 5.25 Å². The monoisotopic (exact) mass is 321 g/mol. The van der Waals surface area contributed by atoms with Crippen molar-refractivity contribution >= 4 is 23.5 Å². The number of anilines is 1. The number of hydrogen-bond donors (Lipinski definition) is 1. The fourth-order valence-electron chi connectivity index (χ4n) is 2.41. The van der Waals surface area contributed by atoms with Crippen LogP contribution in [0, 0.1) is 6.92 Å². The third-order valence-corrected chi connectivity index (χ3v) is 4.69. The van der Waals surface area contributed by atoms with Gasteiger partial charge in [-0.1, -0.05) is 23.3 Å². The standard InChI is InChI=1S/C14H19N5O2S/c1-9-8-11(18-21-9)15-13(20)10(2)22-14-17-16-12-6-4-3-5-7-19(12)14/h8,10H,3-7H2,1-2H3,(H,15,18,20). The van der Waals surface area contributed by atoms with Gasteiger partial charge in [-0.05, 0) is 26.7 Å². The Kier molecular flexibility index (Phi) is 4.47. The van der Waals surface area contributed by atoms with Gasteiger partial charge in [0.15, 0.2) is 11.0 Å². The molecule has 1 aliphatic heterocycles. The van der Waals surface area contributed by atoms with E-state index < -0.39 is 0 Å². The molecular weight excluding hydrogens is 302 g/mol. The largest absolute Gasteiger partial charge is 0.360 e. The maximum absolute atomic E-state index is 12.2. The van der Waals surface area contributed by atoms with Gasteiger partial charge in [-0.15, -0.1) is 10.2 Å². The Labute approximate surface area is 132 Å². The quantitative estimate of drug-likeness (QED) is 0.870. The average molecular weight is 321 g/mol. The first-order valence-electron chi connectivity index (χ1n) is 7.46. The van der Waals surface area contributed by atoms with Crippen LogP contribution in [0.5, 0.6) is 0 Å². The lowest BCUT2D eigenvalue weighted by Crippen LogP contribution is -2.23. The maximum Gasteiger partial charge on any atom is 0.238 e. The molecule has 0 saturated heterocycles. The number of carbonyl (C=O) groups is 1. The Morgan fingerprint density at radius 3 is 3.05 bits per heavy atom. The summed E-state index contributed by atoms with van der Waals surface area (Å²) in [6.45, 7) is 4.57. The van der Waals surface area contributed by atoms with E-state index in [0.717, 1.165) is 36.8 Å². The average Bonchev–Trinajstić information content (AvgIpc) is 2.98. The van der Waals surface area contributed by atoms with Crippen molar-refractivity contribution < 1.29 is 9.32 Å². The van der Waals surface area contributed by atoms with E-state index in [2.05, 4.69) is 25.2 Å². The Morgan fingerprint density at radius 1 is 1.41 bits per heavy atom. The Bertz CT molecular complexity index is 666. The molecule has 22 heavy (non-hydrogen) atoms. The van der Waals surface area contributed by atoms with Crippen LogP contribution in [0.2, 0.25) is 0 Å². The van der Waals surface area contributed by atoms with E-state index >= 15 is 0 Å². The van der Waals surface area contributed by atoms with Crippen molar-refractivity contribution in [3.8, 4) is 0 Å². The minimum absolute atomic E-state index is 0.121. The highest BCUT2D eigenvalue weighted by molar-refractivity contribution is 8.00. The van der Waals surface area contributed by atoms with E-state index in [4.69, 9.17) is 4.52 Å². The van der Waals surface area contributed by atoms with Gasteiger partial charge in [0.1, 0.15) is 11.6 Å². The molecule has 0 aromatic carbocycles. The van der Waals surface area contributed by atoms with Gasteiger partial charge in [0.25, 0.3) is 0 Å². The zero-order chi connectivity index (χ0) is 15.5. The third kappa shape index (κ3) is 3.32. The molecule has 8 heteroatoms. The molecule has 1 amide bonds. The molecule has 3 rings (SSSR count). The number of nitrogens with zero attached hydrogens (tertiary/aromatic N) is 4. The van der Waals surface area contributed by atoms with Crippen LogP contribution >= 0.6 is 11.8 Å². The summed E-state index contributed by atoms with van der Waals surface area (Å²) in [4.78, 5) is 12.2. The highest BCUT2D eigenvalue weighted by atomic mass is 32.2. The zero-order valence-corrected chi connectivity index (χ0v) is 13.5. The van der Waals surface area contributed by atoms with Gasteiger partial charge < -0.3 is 14.4 Å². The van der Waals surface area contributed by atoms with Crippen molar-refractivity contribution in [2.75, 3.05) is 5.32 Å². The van der Waals surface area contributed by atoms with Gasteiger partial charge in [0.2, 0.25) is 5.91 Å². The molecule has 0 saturated carbocycles. The highest BCUT2D eigenvalue weighted by Gasteiger charge is 2.21. The molecule has 0 aliphatic carbocycles. The number of aryl methyl sites for hydroxylation is 2. The number of amides is 1. The number of rotatable bonds is 4. The molecule has 2 aromatic heterocycles. The van der Waals surface area contributed by atoms with Crippen molar-refractivity contribution in [2.45, 2.75) is 56.5 Å². The van der Waals surface area contributed by atoms with E-state index in [9.17, 15) is 4.79 Å². The summed E-state index contributed by atoms with van der Waals surface area (Å²) in [5.41, 5.74) is 0. The normalized spacial score (nSPS) is 15.9. The van der Waals surface area contributed by atoms with Crippen LogP contribution in [0.15, 0.2) is 15.7 Å². The Balaban J connectivity index is 1.65. The summed E-state index contributed by atoms with van der Waals surface area (Å²) in [6, 6.07) is 1.69. The van der Waals surface area contributed by atoms with Crippen molar-refractivity contribution in [3.05, 3.63) is 17.7 Å². The molecule has 1 unspecified atom stereocenters. The summed E-state index contributed by atoms with van der Waals surface area (Å²) in [6.07, 6.45) is 4.48. The van der Waals surface area contributed by atoms with E-state index in [1.807, 2.05) is 6.92 Å². The van der Waals surface area contributed by atoms with Crippen molar-refractivity contribution in [1.29, 1.82) is 0 Å². The minimum atomic E-state index is -0.284. The second kappa shape index (κ2) is 6.51. The Morgan fingerprint density at radius 2 is 2.27 bits per heavy atom. The second-order valence-corrected chi connectivity index (χ2v) is 6.74. The van der Waals surface area contributed by atoms with Crippen molar-refractivity contribution in [2.24, 2.45) is 0 Å². The van der Waals surface area contributed by atoms with Crippen LogP contribution < -0.4 is 5.32 Å². The molecule has 0 fully saturated rings. The second-order valence-electron chi connectivity index (χ2n) is 5.43. The first-order valence-corrected chi connectivity index (χ1v) is 8.34. The molecule has 3 heterocycles. The summed E-state index contributed by atoms with van der Waals surface area (Å²) >= 11 is 1.43. The lowest BCUT2D eigenvalue weighted by atomic mass is 10.2. The molecule has 118 valence electrons. The first-order chi connectivity index (χ1) is 10.6. The number of fused-ring (bicyclic) bond motifs is 1. The summed E-state index contributed by atoms with van der Waals surface area (Å²) in [5, 5.41) is 15.5. The number of thioether (sulfide) groups is 1. The van der Waals surface area contributed by atoms with E-state index in [0.29, 0.717) is 11.6 Å². The fourth-order valence-corrected chi connectivity index (χ4v) is 3.30. The SMILES string of the molecule is Cc1cc(NC(=O)C(C)Sc2nnc3n2CCCCC3)no1. The molecule has 7 nitrogen and oxygen atoms in total. The maximum atomic E-state index is 12.2. The number of carbonyl (C=O) groups excluding carboxylic acids is 1. The lowest BCUT2D eigenvalue weighted by Gasteiger charge is -2.11. The van der Waals surface area contributed by atoms with Crippen LogP contribution in [0.25, 0.3) is 0 Å². The molecule has 1 aliphatic rings. The van der Waals surface area contributed by atoms with Crippen LogP contribution in [0.4, 0.5) is 5.82 Å². The van der Waals surface area contributed by atoms with Gasteiger partial charge in [0, 0.05) is 19.0 Å². The minimum Gasteiger partial charge on any atom is -0.360 e. The van der Waals surface area contributed by atoms with Crippen LogP contribution in [-0.4, -0.2) is 31.1 Å². The lowest BCUT2D eigenvalue weighted by molar-refractivity contribution is -0.115. The molecular formula is C14H19N5O2S. The molecule has 1 atom stereocenters. The fraction of sp³-hybridized carbons (Fsp3) is 0.571. The number of aromatic nitrogens is 4. The molecule has 2 aromatic rings. The number of hydrogen-bond acceptors (Lipinski definition) is 6. The summed E-state index contributed by atoms with van der Waals surface area (Å²) < 4.78 is 7.08. The van der Waals surface area contributed by atoms with Crippen molar-refractivity contribution in [1.82, 2.24) is 19.9 Å². The smallest absolute Gasteiger partial charge is 0.238 e.